The van der Waals surface area contributed by atoms with E-state index in [0.717, 1.165) is 0 Å². The number of amides is 2. The van der Waals surface area contributed by atoms with Crippen LogP contribution in [0.2, 0.25) is 0 Å². The molecule has 4 atom stereocenters. The van der Waals surface area contributed by atoms with E-state index >= 15 is 0 Å². The van der Waals surface area contributed by atoms with Crippen LogP contribution in [-0.4, -0.2) is 92.7 Å². The summed E-state index contributed by atoms with van der Waals surface area (Å²) in [7, 11) is 4.26. The van der Waals surface area contributed by atoms with Gasteiger partial charge in [-0.05, 0) is 73.8 Å². The van der Waals surface area contributed by atoms with Crippen molar-refractivity contribution >= 4 is 35.0 Å². The Labute approximate surface area is 271 Å². The summed E-state index contributed by atoms with van der Waals surface area (Å²) in [6, 6.07) is 7.35. The fourth-order valence-corrected chi connectivity index (χ4v) is 7.14. The normalized spacial score (nSPS) is 23.4. The number of fused-ring (bicyclic) bond motifs is 3. The zero-order valence-electron chi connectivity index (χ0n) is 25.8. The maximum absolute atomic E-state index is 14.1. The highest BCUT2D eigenvalue weighted by Gasteiger charge is 2.63. The van der Waals surface area contributed by atoms with Crippen molar-refractivity contribution < 1.29 is 53.7 Å². The number of anilines is 1. The molecule has 48 heavy (non-hydrogen) atoms. The Morgan fingerprint density at radius 3 is 2.46 bits per heavy atom. The summed E-state index contributed by atoms with van der Waals surface area (Å²) in [6.45, 7) is 0. The lowest BCUT2D eigenvalue weighted by molar-refractivity contribution is -0.148. The Kier molecular flexibility index (Phi) is 7.68. The number of likely N-dealkylation sites (N-methyl/N-ethyl adjacent to an activating group) is 1. The lowest BCUT2D eigenvalue weighted by Crippen LogP contribution is -2.63. The minimum Gasteiger partial charge on any atom is -0.510 e. The number of phenolic OH excluding ortho intramolecular Hbond substituents is 1. The molecule has 7 N–H and O–H groups in total. The molecule has 1 aromatic heterocycles. The number of hydrogen-bond acceptors (Lipinski definition) is 13. The van der Waals surface area contributed by atoms with E-state index < -0.39 is 75.7 Å². The van der Waals surface area contributed by atoms with E-state index in [0.29, 0.717) is 16.7 Å². The summed E-state index contributed by atoms with van der Waals surface area (Å²) in [5.41, 5.74) is 2.46. The number of Topliss-reactive ketones (excluding diaryl/α,β-unsaturated/α-hetero) is 2. The highest BCUT2D eigenvalue weighted by atomic mass is 16.5. The van der Waals surface area contributed by atoms with E-state index in [4.69, 9.17) is 15.0 Å². The van der Waals surface area contributed by atoms with Gasteiger partial charge in [0.25, 0.3) is 11.8 Å². The number of aromatic hydroxyl groups is 1. The second-order valence-corrected chi connectivity index (χ2v) is 12.1. The molecule has 2 aromatic carbocycles. The van der Waals surface area contributed by atoms with Crippen LogP contribution >= 0.6 is 0 Å². The monoisotopic (exact) mass is 658 g/mol. The number of carbonyl (C=O) groups is 5. The van der Waals surface area contributed by atoms with Crippen LogP contribution in [0.15, 0.2) is 69.8 Å². The molecular formula is C33H30N4O11. The molecule has 0 radical (unpaired) electrons. The predicted molar refractivity (Wildman–Crippen MR) is 165 cm³/mol. The number of methoxy groups -OCH3 is 1. The van der Waals surface area contributed by atoms with E-state index in [9.17, 15) is 44.4 Å². The molecule has 248 valence electrons. The van der Waals surface area contributed by atoms with Crippen LogP contribution in [0.3, 0.4) is 0 Å². The quantitative estimate of drug-likeness (QED) is 0.164. The minimum atomic E-state index is -2.77. The average molecular weight is 659 g/mol. The third-order valence-electron chi connectivity index (χ3n) is 9.19. The van der Waals surface area contributed by atoms with E-state index in [1.807, 2.05) is 0 Å². The molecule has 0 saturated heterocycles. The lowest BCUT2D eigenvalue weighted by Gasteiger charge is -2.50. The maximum atomic E-state index is 14.1. The number of nitrogens with zero attached hydrogens (tertiary/aromatic N) is 2. The van der Waals surface area contributed by atoms with Crippen molar-refractivity contribution in [1.29, 1.82) is 0 Å². The first kappa shape index (κ1) is 32.2. The number of primary amides is 1. The van der Waals surface area contributed by atoms with Crippen molar-refractivity contribution in [3.05, 3.63) is 87.7 Å². The molecule has 0 fully saturated rings. The SMILES string of the molecule is COC(=O)c1cc(NC(=O)c2ccno2)cc(-c2ccc(O)c3c2C[C@@H]2C[C@@H]4[C@@H](N(C)C)C(O)=C(C(N)=O)C(=O)[C@]4(O)C(O)=C2C3=O)c1. The largest absolute Gasteiger partial charge is 0.510 e. The number of nitrogens with two attached hydrogens (primary N) is 1. The molecule has 0 saturated carbocycles. The van der Waals surface area contributed by atoms with Crippen molar-refractivity contribution in [2.75, 3.05) is 26.5 Å². The summed E-state index contributed by atoms with van der Waals surface area (Å²) in [5.74, 6) is -9.15. The van der Waals surface area contributed by atoms with Crippen LogP contribution in [0.25, 0.3) is 11.1 Å². The fraction of sp³-hybridized carbons (Fsp3) is 0.273. The number of ether oxygens (including phenoxy) is 1. The van der Waals surface area contributed by atoms with Crippen LogP contribution in [0, 0.1) is 11.8 Å². The number of phenols is 1. The molecule has 3 aliphatic carbocycles. The Morgan fingerprint density at radius 2 is 1.83 bits per heavy atom. The Morgan fingerprint density at radius 1 is 1.10 bits per heavy atom. The number of rotatable bonds is 6. The summed E-state index contributed by atoms with van der Waals surface area (Å²) in [4.78, 5) is 66.7. The lowest BCUT2D eigenvalue weighted by atomic mass is 9.58. The summed E-state index contributed by atoms with van der Waals surface area (Å²) < 4.78 is 9.81. The molecule has 6 rings (SSSR count). The average Bonchev–Trinajstić information content (AvgIpc) is 3.57. The van der Waals surface area contributed by atoms with Crippen LogP contribution in [0.4, 0.5) is 5.69 Å². The van der Waals surface area contributed by atoms with Gasteiger partial charge in [0.05, 0.1) is 30.5 Å². The third kappa shape index (κ3) is 4.74. The van der Waals surface area contributed by atoms with Gasteiger partial charge in [-0.2, -0.15) is 0 Å². The zero-order valence-corrected chi connectivity index (χ0v) is 25.8. The van der Waals surface area contributed by atoms with Gasteiger partial charge in [-0.1, -0.05) is 11.2 Å². The standard InChI is InChI=1S/C33H30N4O11/c1-37(2)25-19-12-14-11-18-17(13-8-15(32(45)47-3)10-16(9-13)36-31(44)21-6-7-35-48-21)4-5-20(38)23(18)26(39)22(14)28(41)33(19,46)29(42)24(27(25)40)30(34)43/h4-10,14,19,25,38,40-41,46H,11-12H2,1-3H3,(H2,34,43)(H,36,44)/t14-,19-,25-,33-/m1/s1. The van der Waals surface area contributed by atoms with Crippen molar-refractivity contribution in [2.45, 2.75) is 24.5 Å². The van der Waals surface area contributed by atoms with Gasteiger partial charge >= 0.3 is 5.97 Å². The zero-order chi connectivity index (χ0) is 34.8. The number of aliphatic hydroxyl groups is 3. The number of hydrogen-bond donors (Lipinski definition) is 6. The number of esters is 1. The molecule has 15 heteroatoms. The Hall–Kier alpha value is -5.80. The highest BCUT2D eigenvalue weighted by molar-refractivity contribution is 6.25. The predicted octanol–water partition coefficient (Wildman–Crippen LogP) is 1.81. The summed E-state index contributed by atoms with van der Waals surface area (Å²) in [5, 5.41) is 51.4. The number of nitrogens with one attached hydrogen (secondary N) is 1. The van der Waals surface area contributed by atoms with Gasteiger partial charge in [-0.25, -0.2) is 4.79 Å². The van der Waals surface area contributed by atoms with Crippen molar-refractivity contribution in [3.63, 3.8) is 0 Å². The number of allylic oxidation sites excluding steroid dienone is 1. The molecule has 15 nitrogen and oxygen atoms in total. The maximum Gasteiger partial charge on any atom is 0.337 e. The number of aromatic nitrogens is 1. The Bertz CT molecular complexity index is 2000. The second-order valence-electron chi connectivity index (χ2n) is 12.1. The molecule has 0 spiro atoms. The fourth-order valence-electron chi connectivity index (χ4n) is 7.14. The molecule has 0 unspecified atom stereocenters. The molecule has 1 heterocycles. The second kappa shape index (κ2) is 11.5. The molecular weight excluding hydrogens is 628 g/mol. The van der Waals surface area contributed by atoms with Gasteiger partial charge in [0.2, 0.25) is 11.5 Å². The number of carbonyl (C=O) groups excluding carboxylic acids is 5. The van der Waals surface area contributed by atoms with E-state index in [2.05, 4.69) is 10.5 Å². The van der Waals surface area contributed by atoms with E-state index in [1.54, 1.807) is 0 Å². The van der Waals surface area contributed by atoms with E-state index in [-0.39, 0.29) is 41.0 Å². The van der Waals surface area contributed by atoms with Gasteiger partial charge in [0, 0.05) is 23.2 Å². The van der Waals surface area contributed by atoms with Crippen LogP contribution < -0.4 is 11.1 Å². The third-order valence-corrected chi connectivity index (χ3v) is 9.19. The van der Waals surface area contributed by atoms with Crippen LogP contribution in [-0.2, 0) is 20.7 Å². The molecule has 0 bridgehead atoms. The van der Waals surface area contributed by atoms with Crippen molar-refractivity contribution in [3.8, 4) is 16.9 Å². The highest BCUT2D eigenvalue weighted by Crippen LogP contribution is 2.53. The van der Waals surface area contributed by atoms with Gasteiger partial charge < -0.3 is 40.7 Å². The summed E-state index contributed by atoms with van der Waals surface area (Å²) >= 11 is 0. The van der Waals surface area contributed by atoms with Gasteiger partial charge in [-0.3, -0.25) is 24.1 Å². The molecule has 2 amide bonds. The van der Waals surface area contributed by atoms with Crippen molar-refractivity contribution in [1.82, 2.24) is 10.1 Å². The van der Waals surface area contributed by atoms with Gasteiger partial charge in [0.1, 0.15) is 22.8 Å². The van der Waals surface area contributed by atoms with Crippen LogP contribution in [0.1, 0.15) is 43.3 Å². The van der Waals surface area contributed by atoms with Gasteiger partial charge in [0.15, 0.2) is 11.4 Å². The number of aliphatic hydroxyl groups excluding tert-OH is 2. The molecule has 3 aliphatic rings. The van der Waals surface area contributed by atoms with Gasteiger partial charge in [-0.15, -0.1) is 0 Å². The number of ketones is 2. The Balaban J connectivity index is 1.50. The smallest absolute Gasteiger partial charge is 0.337 e. The van der Waals surface area contributed by atoms with Crippen molar-refractivity contribution in [2.24, 2.45) is 17.6 Å². The molecule has 0 aliphatic heterocycles. The minimum absolute atomic E-state index is 0.000477. The first-order valence-electron chi connectivity index (χ1n) is 14.7. The molecule has 3 aromatic rings. The first-order valence-corrected chi connectivity index (χ1v) is 14.7. The first-order chi connectivity index (χ1) is 22.7. The summed E-state index contributed by atoms with van der Waals surface area (Å²) in [6.07, 6.45) is 1.18. The van der Waals surface area contributed by atoms with E-state index in [1.165, 1.54) is 68.7 Å². The van der Waals surface area contributed by atoms with Crippen LogP contribution in [0.5, 0.6) is 5.75 Å². The number of benzene rings is 2. The topological polar surface area (TPSA) is 243 Å².